The molecule has 3 aromatic rings. The number of rotatable bonds is 3. The minimum atomic E-state index is -0.679. The van der Waals surface area contributed by atoms with E-state index in [1.807, 2.05) is 0 Å². The molecule has 1 amide bonds. The molecule has 140 valence electrons. The van der Waals surface area contributed by atoms with Gasteiger partial charge in [0.05, 0.1) is 0 Å². The van der Waals surface area contributed by atoms with Crippen molar-refractivity contribution in [2.45, 2.75) is 44.6 Å². The summed E-state index contributed by atoms with van der Waals surface area (Å²) in [5, 5.41) is 11.2. The van der Waals surface area contributed by atoms with Crippen LogP contribution in [-0.2, 0) is 0 Å². The zero-order chi connectivity index (χ0) is 18.8. The van der Waals surface area contributed by atoms with Crippen LogP contribution in [0, 0.1) is 11.6 Å². The summed E-state index contributed by atoms with van der Waals surface area (Å²) in [4.78, 5) is 12.6. The van der Waals surface area contributed by atoms with Gasteiger partial charge in [-0.15, -0.1) is 10.2 Å². The third-order valence-electron chi connectivity index (χ3n) is 4.98. The normalized spacial score (nSPS) is 15.6. The fraction of sp³-hybridized carbons (Fsp3) is 0.350. The van der Waals surface area contributed by atoms with E-state index >= 15 is 0 Å². The first-order valence-electron chi connectivity index (χ1n) is 9.22. The third-order valence-corrected chi connectivity index (χ3v) is 4.98. The summed E-state index contributed by atoms with van der Waals surface area (Å²) < 4.78 is 28.6. The van der Waals surface area contributed by atoms with Crippen molar-refractivity contribution in [2.75, 3.05) is 0 Å². The molecule has 1 aromatic carbocycles. The highest BCUT2D eigenvalue weighted by atomic mass is 19.1. The maximum atomic E-state index is 13.5. The Kier molecular flexibility index (Phi) is 4.83. The Morgan fingerprint density at radius 2 is 1.70 bits per heavy atom. The Labute approximate surface area is 155 Å². The zero-order valence-corrected chi connectivity index (χ0v) is 14.8. The summed E-state index contributed by atoms with van der Waals surface area (Å²) in [6.07, 6.45) is 8.39. The lowest BCUT2D eigenvalue weighted by molar-refractivity contribution is 0.0933. The number of carbonyl (C=O) groups is 1. The van der Waals surface area contributed by atoms with Gasteiger partial charge in [0.15, 0.2) is 11.5 Å². The van der Waals surface area contributed by atoms with Gasteiger partial charge in [-0.25, -0.2) is 8.78 Å². The third kappa shape index (κ3) is 3.82. The number of benzene rings is 1. The first-order valence-corrected chi connectivity index (χ1v) is 9.22. The number of nitrogens with one attached hydrogen (secondary N) is 1. The van der Waals surface area contributed by atoms with Gasteiger partial charge in [0.1, 0.15) is 11.6 Å². The van der Waals surface area contributed by atoms with Gasteiger partial charge in [0.2, 0.25) is 0 Å². The lowest BCUT2D eigenvalue weighted by Crippen LogP contribution is -2.34. The van der Waals surface area contributed by atoms with Gasteiger partial charge in [-0.05, 0) is 37.1 Å². The number of carbonyl (C=O) groups excluding carboxylic acids is 1. The molecule has 0 spiro atoms. The standard InChI is InChI=1S/C20H20F2N4O/c21-15-9-14(10-16(22)12-15)19-25-24-18-11-13(7-8-26(18)19)20(27)23-17-5-3-1-2-4-6-17/h7-12,17H,1-6H2,(H,23,27). The quantitative estimate of drug-likeness (QED) is 0.706. The highest BCUT2D eigenvalue weighted by Gasteiger charge is 2.17. The Morgan fingerprint density at radius 1 is 1.00 bits per heavy atom. The van der Waals surface area contributed by atoms with Gasteiger partial charge in [-0.1, -0.05) is 25.7 Å². The predicted octanol–water partition coefficient (Wildman–Crippen LogP) is 4.13. The maximum Gasteiger partial charge on any atom is 0.251 e. The molecule has 2 aromatic heterocycles. The summed E-state index contributed by atoms with van der Waals surface area (Å²) in [5.74, 6) is -1.17. The highest BCUT2D eigenvalue weighted by molar-refractivity contribution is 5.95. The van der Waals surface area contributed by atoms with Gasteiger partial charge in [-0.3, -0.25) is 9.20 Å². The second kappa shape index (κ2) is 7.42. The monoisotopic (exact) mass is 370 g/mol. The molecular weight excluding hydrogens is 350 g/mol. The van der Waals surface area contributed by atoms with Crippen LogP contribution in [0.25, 0.3) is 17.0 Å². The second-order valence-corrected chi connectivity index (χ2v) is 6.99. The van der Waals surface area contributed by atoms with E-state index in [0.717, 1.165) is 31.7 Å². The average Bonchev–Trinajstić information content (AvgIpc) is 2.89. The lowest BCUT2D eigenvalue weighted by atomic mass is 10.1. The summed E-state index contributed by atoms with van der Waals surface area (Å²) >= 11 is 0. The summed E-state index contributed by atoms with van der Waals surface area (Å²) in [7, 11) is 0. The van der Waals surface area contributed by atoms with E-state index in [0.29, 0.717) is 17.0 Å². The van der Waals surface area contributed by atoms with Gasteiger partial charge in [-0.2, -0.15) is 0 Å². The SMILES string of the molecule is O=C(NC1CCCCCC1)c1ccn2c(-c3cc(F)cc(F)c3)nnc2c1. The number of hydrogen-bond acceptors (Lipinski definition) is 3. The Morgan fingerprint density at radius 3 is 2.41 bits per heavy atom. The van der Waals surface area contributed by atoms with Crippen molar-refractivity contribution in [3.63, 3.8) is 0 Å². The van der Waals surface area contributed by atoms with Crippen molar-refractivity contribution in [3.8, 4) is 11.4 Å². The number of halogens is 2. The van der Waals surface area contributed by atoms with Crippen molar-refractivity contribution in [1.29, 1.82) is 0 Å². The molecule has 7 heteroatoms. The molecule has 0 bridgehead atoms. The molecule has 1 fully saturated rings. The van der Waals surface area contributed by atoms with Crippen molar-refractivity contribution in [2.24, 2.45) is 0 Å². The van der Waals surface area contributed by atoms with Gasteiger partial charge in [0.25, 0.3) is 5.91 Å². The van der Waals surface area contributed by atoms with Crippen LogP contribution in [-0.4, -0.2) is 26.5 Å². The van der Waals surface area contributed by atoms with E-state index < -0.39 is 11.6 Å². The van der Waals surface area contributed by atoms with Crippen LogP contribution in [0.5, 0.6) is 0 Å². The van der Waals surface area contributed by atoms with Crippen molar-refractivity contribution >= 4 is 11.6 Å². The number of fused-ring (bicyclic) bond motifs is 1. The molecule has 1 aliphatic rings. The van der Waals surface area contributed by atoms with E-state index in [2.05, 4.69) is 15.5 Å². The summed E-state index contributed by atoms with van der Waals surface area (Å²) in [6, 6.07) is 6.72. The smallest absolute Gasteiger partial charge is 0.251 e. The molecule has 27 heavy (non-hydrogen) atoms. The van der Waals surface area contributed by atoms with Gasteiger partial charge < -0.3 is 5.32 Å². The number of pyridine rings is 1. The molecule has 0 atom stereocenters. The Hall–Kier alpha value is -2.83. The van der Waals surface area contributed by atoms with Crippen LogP contribution in [0.4, 0.5) is 8.78 Å². The molecular formula is C20H20F2N4O. The average molecular weight is 370 g/mol. The van der Waals surface area contributed by atoms with Gasteiger partial charge >= 0.3 is 0 Å². The van der Waals surface area contributed by atoms with E-state index in [4.69, 9.17) is 0 Å². The van der Waals surface area contributed by atoms with Crippen LogP contribution >= 0.6 is 0 Å². The highest BCUT2D eigenvalue weighted by Crippen LogP contribution is 2.22. The van der Waals surface area contributed by atoms with Crippen molar-refractivity contribution in [1.82, 2.24) is 19.9 Å². The number of nitrogens with zero attached hydrogens (tertiary/aromatic N) is 3. The molecule has 0 saturated heterocycles. The number of hydrogen-bond donors (Lipinski definition) is 1. The molecule has 1 aliphatic carbocycles. The van der Waals surface area contributed by atoms with Crippen LogP contribution in [0.3, 0.4) is 0 Å². The number of aromatic nitrogens is 3. The van der Waals surface area contributed by atoms with Gasteiger partial charge in [0, 0.05) is 29.4 Å². The maximum absolute atomic E-state index is 13.5. The van der Waals surface area contributed by atoms with Crippen molar-refractivity contribution in [3.05, 3.63) is 53.7 Å². The van der Waals surface area contributed by atoms with E-state index in [-0.39, 0.29) is 17.5 Å². The Balaban J connectivity index is 1.59. The molecule has 2 heterocycles. The predicted molar refractivity (Wildman–Crippen MR) is 97.3 cm³/mol. The minimum Gasteiger partial charge on any atom is -0.349 e. The topological polar surface area (TPSA) is 59.3 Å². The molecule has 0 radical (unpaired) electrons. The van der Waals surface area contributed by atoms with E-state index in [1.54, 1.807) is 22.7 Å². The molecule has 0 aliphatic heterocycles. The summed E-state index contributed by atoms with van der Waals surface area (Å²) in [5.41, 5.74) is 1.23. The zero-order valence-electron chi connectivity index (χ0n) is 14.8. The molecule has 4 rings (SSSR count). The molecule has 1 saturated carbocycles. The molecule has 0 unspecified atom stereocenters. The second-order valence-electron chi connectivity index (χ2n) is 6.99. The number of amides is 1. The van der Waals surface area contributed by atoms with Crippen LogP contribution in [0.1, 0.15) is 48.9 Å². The molecule has 5 nitrogen and oxygen atoms in total. The summed E-state index contributed by atoms with van der Waals surface area (Å²) in [6.45, 7) is 0. The van der Waals surface area contributed by atoms with E-state index in [1.165, 1.54) is 25.0 Å². The fourth-order valence-corrected chi connectivity index (χ4v) is 3.60. The Bertz CT molecular complexity index is 957. The largest absolute Gasteiger partial charge is 0.349 e. The van der Waals surface area contributed by atoms with Crippen LogP contribution in [0.2, 0.25) is 0 Å². The van der Waals surface area contributed by atoms with E-state index in [9.17, 15) is 13.6 Å². The molecule has 1 N–H and O–H groups in total. The van der Waals surface area contributed by atoms with Crippen LogP contribution < -0.4 is 5.32 Å². The van der Waals surface area contributed by atoms with Crippen LogP contribution in [0.15, 0.2) is 36.5 Å². The van der Waals surface area contributed by atoms with Crippen molar-refractivity contribution < 1.29 is 13.6 Å². The first kappa shape index (κ1) is 17.6. The lowest BCUT2D eigenvalue weighted by Gasteiger charge is -2.16. The first-order chi connectivity index (χ1) is 13.1. The minimum absolute atomic E-state index is 0.134. The fourth-order valence-electron chi connectivity index (χ4n) is 3.60.